The van der Waals surface area contributed by atoms with Gasteiger partial charge in [-0.2, -0.15) is 4.31 Å². The highest BCUT2D eigenvalue weighted by molar-refractivity contribution is 7.89. The molecule has 0 aliphatic carbocycles. The van der Waals surface area contributed by atoms with Crippen molar-refractivity contribution in [2.45, 2.75) is 25.2 Å². The van der Waals surface area contributed by atoms with E-state index in [1.165, 1.54) is 42.8 Å². The van der Waals surface area contributed by atoms with E-state index >= 15 is 0 Å². The number of esters is 1. The molecule has 1 saturated heterocycles. The lowest BCUT2D eigenvalue weighted by Gasteiger charge is -2.34. The van der Waals surface area contributed by atoms with Gasteiger partial charge in [-0.05, 0) is 54.7 Å². The van der Waals surface area contributed by atoms with Crippen LogP contribution in [0.3, 0.4) is 0 Å². The number of benzene rings is 2. The Kier molecular flexibility index (Phi) is 8.16. The highest BCUT2D eigenvalue weighted by atomic mass is 32.2. The van der Waals surface area contributed by atoms with Crippen molar-refractivity contribution < 1.29 is 32.2 Å². The Morgan fingerprint density at radius 3 is 2.18 bits per heavy atom. The van der Waals surface area contributed by atoms with Gasteiger partial charge in [0.25, 0.3) is 5.91 Å². The molecule has 0 bridgehead atoms. The lowest BCUT2D eigenvalue weighted by atomic mass is 9.94. The number of nitrogens with one attached hydrogen (secondary N) is 1. The van der Waals surface area contributed by atoms with Crippen molar-refractivity contribution in [2.24, 2.45) is 11.8 Å². The molecule has 0 saturated carbocycles. The van der Waals surface area contributed by atoms with E-state index in [1.54, 1.807) is 18.2 Å². The maximum Gasteiger partial charge on any atom is 0.338 e. The third-order valence-electron chi connectivity index (χ3n) is 5.56. The first-order valence-corrected chi connectivity index (χ1v) is 12.4. The van der Waals surface area contributed by atoms with Crippen LogP contribution >= 0.6 is 0 Å². The Bertz CT molecular complexity index is 1120. The molecule has 1 aliphatic heterocycles. The molecular weight excluding hydrogens is 460 g/mol. The van der Waals surface area contributed by atoms with Crippen molar-refractivity contribution in [3.05, 3.63) is 48.0 Å². The van der Waals surface area contributed by atoms with Crippen LogP contribution in [0.1, 0.15) is 30.6 Å². The summed E-state index contributed by atoms with van der Waals surface area (Å²) in [5.74, 6) is 0.276. The van der Waals surface area contributed by atoms with Crippen LogP contribution in [0.4, 0.5) is 5.69 Å². The average Bonchev–Trinajstić information content (AvgIpc) is 2.81. The van der Waals surface area contributed by atoms with Gasteiger partial charge in [0, 0.05) is 24.8 Å². The first-order valence-electron chi connectivity index (χ1n) is 10.9. The summed E-state index contributed by atoms with van der Waals surface area (Å²) in [5.41, 5.74) is 0.604. The maximum atomic E-state index is 13.0. The molecule has 1 amide bonds. The van der Waals surface area contributed by atoms with Crippen LogP contribution in [0.25, 0.3) is 0 Å². The third kappa shape index (κ3) is 6.06. The molecule has 34 heavy (non-hydrogen) atoms. The number of hydrogen-bond donors (Lipinski definition) is 1. The molecule has 184 valence electrons. The predicted octanol–water partition coefficient (Wildman–Crippen LogP) is 3.17. The van der Waals surface area contributed by atoms with E-state index in [0.717, 1.165) is 6.42 Å². The van der Waals surface area contributed by atoms with Crippen molar-refractivity contribution in [1.29, 1.82) is 0 Å². The number of carbonyl (C=O) groups is 2. The van der Waals surface area contributed by atoms with Crippen LogP contribution in [-0.2, 0) is 19.6 Å². The molecule has 2 atom stereocenters. The van der Waals surface area contributed by atoms with Crippen LogP contribution < -0.4 is 14.8 Å². The maximum absolute atomic E-state index is 13.0. The van der Waals surface area contributed by atoms with Crippen molar-refractivity contribution in [1.82, 2.24) is 4.31 Å². The molecular formula is C24H30N2O7S. The minimum absolute atomic E-state index is 0.122. The van der Waals surface area contributed by atoms with Gasteiger partial charge in [0.05, 0.1) is 24.7 Å². The zero-order valence-corrected chi connectivity index (χ0v) is 20.6. The molecule has 2 aromatic carbocycles. The molecule has 3 rings (SSSR count). The molecule has 0 unspecified atom stereocenters. The molecule has 9 nitrogen and oxygen atoms in total. The molecule has 2 aromatic rings. The molecule has 0 aromatic heterocycles. The predicted molar refractivity (Wildman–Crippen MR) is 127 cm³/mol. The SMILES string of the molecule is COc1ccc(NC(=O)COC(=O)c2ccc(S(=O)(=O)N3C[C@H](C)C[C@@H](C)C3)cc2)cc1OC. The van der Waals surface area contributed by atoms with Gasteiger partial charge >= 0.3 is 5.97 Å². The fourth-order valence-electron chi connectivity index (χ4n) is 4.04. The monoisotopic (exact) mass is 490 g/mol. The fraction of sp³-hybridized carbons (Fsp3) is 0.417. The number of amides is 1. The summed E-state index contributed by atoms with van der Waals surface area (Å²) in [4.78, 5) is 24.6. The minimum Gasteiger partial charge on any atom is -0.493 e. The second-order valence-corrected chi connectivity index (χ2v) is 10.4. The van der Waals surface area contributed by atoms with Gasteiger partial charge in [-0.1, -0.05) is 13.8 Å². The molecule has 1 aliphatic rings. The Morgan fingerprint density at radius 2 is 1.59 bits per heavy atom. The van der Waals surface area contributed by atoms with Crippen LogP contribution in [0.2, 0.25) is 0 Å². The molecule has 1 fully saturated rings. The lowest BCUT2D eigenvalue weighted by Crippen LogP contribution is -2.42. The number of sulfonamides is 1. The number of ether oxygens (including phenoxy) is 3. The Labute approximate surface area is 200 Å². The molecule has 0 radical (unpaired) electrons. The second kappa shape index (κ2) is 10.9. The van der Waals surface area contributed by atoms with E-state index in [2.05, 4.69) is 5.32 Å². The highest BCUT2D eigenvalue weighted by Crippen LogP contribution is 2.30. The Hall–Kier alpha value is -3.11. The number of anilines is 1. The van der Waals surface area contributed by atoms with Crippen LogP contribution in [0, 0.1) is 11.8 Å². The third-order valence-corrected chi connectivity index (χ3v) is 7.41. The quantitative estimate of drug-likeness (QED) is 0.566. The number of hydrogen-bond acceptors (Lipinski definition) is 7. The first-order chi connectivity index (χ1) is 16.1. The van der Waals surface area contributed by atoms with Crippen molar-refractivity contribution in [3.8, 4) is 11.5 Å². The summed E-state index contributed by atoms with van der Waals surface area (Å²) in [6.45, 7) is 4.53. The van der Waals surface area contributed by atoms with E-state index in [4.69, 9.17) is 14.2 Å². The zero-order chi connectivity index (χ0) is 24.9. The zero-order valence-electron chi connectivity index (χ0n) is 19.7. The number of piperidine rings is 1. The summed E-state index contributed by atoms with van der Waals surface area (Å²) < 4.78 is 42.9. The van der Waals surface area contributed by atoms with E-state index < -0.39 is 28.5 Å². The average molecular weight is 491 g/mol. The molecule has 1 N–H and O–H groups in total. The van der Waals surface area contributed by atoms with Gasteiger partial charge < -0.3 is 19.5 Å². The van der Waals surface area contributed by atoms with Crippen molar-refractivity contribution in [3.63, 3.8) is 0 Å². The van der Waals surface area contributed by atoms with Crippen LogP contribution in [0.5, 0.6) is 11.5 Å². The molecule has 1 heterocycles. The summed E-state index contributed by atoms with van der Waals surface area (Å²) in [6, 6.07) is 10.4. The standard InChI is InChI=1S/C24H30N2O7S/c1-16-11-17(2)14-26(13-16)34(29,30)20-8-5-18(6-9-20)24(28)33-15-23(27)25-19-7-10-21(31-3)22(12-19)32-4/h5-10,12,16-17H,11,13-15H2,1-4H3,(H,25,27)/t16-,17-/m1/s1. The van der Waals surface area contributed by atoms with Gasteiger partial charge in [0.2, 0.25) is 10.0 Å². The number of methoxy groups -OCH3 is 2. The first kappa shape index (κ1) is 25.5. The Morgan fingerprint density at radius 1 is 0.971 bits per heavy atom. The number of nitrogens with zero attached hydrogens (tertiary/aromatic N) is 1. The van der Waals surface area contributed by atoms with Gasteiger partial charge in [0.15, 0.2) is 18.1 Å². The van der Waals surface area contributed by atoms with E-state index in [0.29, 0.717) is 30.3 Å². The van der Waals surface area contributed by atoms with E-state index in [9.17, 15) is 18.0 Å². The van der Waals surface area contributed by atoms with Gasteiger partial charge in [-0.25, -0.2) is 13.2 Å². The smallest absolute Gasteiger partial charge is 0.338 e. The number of rotatable bonds is 8. The summed E-state index contributed by atoms with van der Waals surface area (Å²) in [5, 5.41) is 2.61. The molecule has 10 heteroatoms. The highest BCUT2D eigenvalue weighted by Gasteiger charge is 2.31. The van der Waals surface area contributed by atoms with Crippen molar-refractivity contribution in [2.75, 3.05) is 39.2 Å². The lowest BCUT2D eigenvalue weighted by molar-refractivity contribution is -0.119. The fourth-order valence-corrected chi connectivity index (χ4v) is 5.72. The second-order valence-electron chi connectivity index (χ2n) is 8.49. The normalized spacial score (nSPS) is 18.7. The largest absolute Gasteiger partial charge is 0.493 e. The summed E-state index contributed by atoms with van der Waals surface area (Å²) in [7, 11) is -0.656. The van der Waals surface area contributed by atoms with Gasteiger partial charge in [0.1, 0.15) is 0 Å². The minimum atomic E-state index is -3.64. The topological polar surface area (TPSA) is 111 Å². The summed E-state index contributed by atoms with van der Waals surface area (Å²) >= 11 is 0. The van der Waals surface area contributed by atoms with Gasteiger partial charge in [-0.15, -0.1) is 0 Å². The van der Waals surface area contributed by atoms with E-state index in [1.807, 2.05) is 13.8 Å². The molecule has 0 spiro atoms. The number of carbonyl (C=O) groups excluding carboxylic acids is 2. The Balaban J connectivity index is 1.58. The van der Waals surface area contributed by atoms with Gasteiger partial charge in [-0.3, -0.25) is 4.79 Å². The summed E-state index contributed by atoms with van der Waals surface area (Å²) in [6.07, 6.45) is 0.996. The van der Waals surface area contributed by atoms with Crippen molar-refractivity contribution >= 4 is 27.6 Å². The van der Waals surface area contributed by atoms with Crippen LogP contribution in [-0.4, -0.2) is 58.5 Å². The van der Waals surface area contributed by atoms with Crippen LogP contribution in [0.15, 0.2) is 47.4 Å². The van der Waals surface area contributed by atoms with E-state index in [-0.39, 0.29) is 22.3 Å².